The van der Waals surface area contributed by atoms with Gasteiger partial charge in [0.05, 0.1) is 0 Å². The predicted octanol–water partition coefficient (Wildman–Crippen LogP) is 1.61. The van der Waals surface area contributed by atoms with Crippen LogP contribution in [0, 0.1) is 5.92 Å². The minimum Gasteiger partial charge on any atom is -0.350 e. The van der Waals surface area contributed by atoms with E-state index in [1.165, 1.54) is 19.3 Å². The van der Waals surface area contributed by atoms with Crippen LogP contribution in [-0.2, 0) is 0 Å². The minimum absolute atomic E-state index is 0.579. The van der Waals surface area contributed by atoms with Crippen molar-refractivity contribution in [2.24, 2.45) is 16.8 Å². The van der Waals surface area contributed by atoms with E-state index in [0.29, 0.717) is 0 Å². The molecule has 0 heterocycles. The van der Waals surface area contributed by atoms with E-state index < -0.39 is 6.03 Å². The van der Waals surface area contributed by atoms with E-state index in [4.69, 9.17) is 5.73 Å². The number of carbonyl (C=O) groups excluding carboxylic acids is 1. The number of nitrogens with one attached hydrogen (secondary N) is 1. The van der Waals surface area contributed by atoms with Crippen LogP contribution in [0.15, 0.2) is 5.10 Å². The van der Waals surface area contributed by atoms with Gasteiger partial charge in [0, 0.05) is 5.71 Å². The zero-order valence-corrected chi connectivity index (χ0v) is 8.05. The van der Waals surface area contributed by atoms with Crippen molar-refractivity contribution < 1.29 is 4.79 Å². The lowest BCUT2D eigenvalue weighted by molar-refractivity contribution is 0.249. The van der Waals surface area contributed by atoms with Crippen molar-refractivity contribution in [3.8, 4) is 0 Å². The molecular weight excluding hydrogens is 166 g/mol. The molecule has 0 spiro atoms. The Morgan fingerprint density at radius 1 is 1.54 bits per heavy atom. The molecule has 4 nitrogen and oxygen atoms in total. The molecule has 1 aliphatic rings. The maximum atomic E-state index is 10.4. The molecule has 4 heteroatoms. The van der Waals surface area contributed by atoms with Gasteiger partial charge in [0.2, 0.25) is 0 Å². The van der Waals surface area contributed by atoms with Crippen LogP contribution in [0.25, 0.3) is 0 Å². The number of nitrogens with zero attached hydrogens (tertiary/aromatic N) is 1. The Morgan fingerprint density at radius 2 is 2.31 bits per heavy atom. The second-order valence-electron chi connectivity index (χ2n) is 3.69. The van der Waals surface area contributed by atoms with Crippen LogP contribution < -0.4 is 11.2 Å². The second kappa shape index (κ2) is 4.84. The fourth-order valence-corrected chi connectivity index (χ4v) is 1.58. The van der Waals surface area contributed by atoms with Gasteiger partial charge in [0.25, 0.3) is 0 Å². The molecule has 0 radical (unpaired) electrons. The van der Waals surface area contributed by atoms with Crippen molar-refractivity contribution in [3.63, 3.8) is 0 Å². The quantitative estimate of drug-likeness (QED) is 0.470. The summed E-state index contributed by atoms with van der Waals surface area (Å²) in [6, 6.07) is -0.579. The van der Waals surface area contributed by atoms with E-state index in [0.717, 1.165) is 24.5 Å². The largest absolute Gasteiger partial charge is 0.350 e. The molecule has 74 valence electrons. The Bertz CT molecular complexity index is 213. The van der Waals surface area contributed by atoms with Crippen LogP contribution in [0.4, 0.5) is 4.79 Å². The van der Waals surface area contributed by atoms with E-state index in [2.05, 4.69) is 17.5 Å². The highest BCUT2D eigenvalue weighted by Crippen LogP contribution is 2.20. The lowest BCUT2D eigenvalue weighted by atomic mass is 10.0. The standard InChI is InChI=1S/C9H17N3O/c1-7-3-2-4-8(6-5-7)11-12-9(10)13/h7H,2-6H2,1H3,(H3,10,12,13). The van der Waals surface area contributed by atoms with Gasteiger partial charge in [-0.3, -0.25) is 0 Å². The monoisotopic (exact) mass is 183 g/mol. The summed E-state index contributed by atoms with van der Waals surface area (Å²) < 4.78 is 0. The Morgan fingerprint density at radius 3 is 3.00 bits per heavy atom. The van der Waals surface area contributed by atoms with Gasteiger partial charge in [0.15, 0.2) is 0 Å². The highest BCUT2D eigenvalue weighted by Gasteiger charge is 2.11. The zero-order valence-electron chi connectivity index (χ0n) is 8.05. The van der Waals surface area contributed by atoms with Gasteiger partial charge in [-0.1, -0.05) is 13.3 Å². The minimum atomic E-state index is -0.579. The summed E-state index contributed by atoms with van der Waals surface area (Å²) in [5.74, 6) is 0.779. The molecule has 0 aromatic rings. The number of urea groups is 1. The van der Waals surface area contributed by atoms with Gasteiger partial charge in [-0.05, 0) is 31.6 Å². The fraction of sp³-hybridized carbons (Fsp3) is 0.778. The molecule has 1 fully saturated rings. The van der Waals surface area contributed by atoms with Crippen molar-refractivity contribution in [2.75, 3.05) is 0 Å². The van der Waals surface area contributed by atoms with Crippen LogP contribution in [0.5, 0.6) is 0 Å². The lowest BCUT2D eigenvalue weighted by Crippen LogP contribution is -2.25. The third-order valence-corrected chi connectivity index (χ3v) is 2.41. The smallest absolute Gasteiger partial charge is 0.332 e. The Labute approximate surface area is 78.6 Å². The van der Waals surface area contributed by atoms with Crippen LogP contribution in [0.3, 0.4) is 0 Å². The zero-order chi connectivity index (χ0) is 9.68. The highest BCUT2D eigenvalue weighted by molar-refractivity contribution is 5.86. The number of nitrogens with two attached hydrogens (primary N) is 1. The molecule has 0 aromatic carbocycles. The first-order chi connectivity index (χ1) is 6.18. The molecule has 0 aromatic heterocycles. The van der Waals surface area contributed by atoms with Gasteiger partial charge in [0.1, 0.15) is 0 Å². The van der Waals surface area contributed by atoms with Crippen LogP contribution in [0.1, 0.15) is 39.0 Å². The van der Waals surface area contributed by atoms with Crippen LogP contribution in [-0.4, -0.2) is 11.7 Å². The molecule has 2 amide bonds. The Hall–Kier alpha value is -1.06. The first kappa shape index (κ1) is 10.0. The number of amides is 2. The van der Waals surface area contributed by atoms with Crippen molar-refractivity contribution in [3.05, 3.63) is 0 Å². The van der Waals surface area contributed by atoms with Gasteiger partial charge < -0.3 is 5.73 Å². The van der Waals surface area contributed by atoms with Crippen LogP contribution in [0.2, 0.25) is 0 Å². The molecule has 1 rings (SSSR count). The van der Waals surface area contributed by atoms with E-state index in [1.54, 1.807) is 0 Å². The third-order valence-electron chi connectivity index (χ3n) is 2.41. The number of rotatable bonds is 1. The van der Waals surface area contributed by atoms with E-state index >= 15 is 0 Å². The molecule has 1 unspecified atom stereocenters. The molecule has 1 saturated carbocycles. The van der Waals surface area contributed by atoms with E-state index in [9.17, 15) is 4.79 Å². The summed E-state index contributed by atoms with van der Waals surface area (Å²) in [6.45, 7) is 2.25. The molecule has 0 aliphatic heterocycles. The van der Waals surface area contributed by atoms with Crippen LogP contribution >= 0.6 is 0 Å². The van der Waals surface area contributed by atoms with Gasteiger partial charge in [-0.2, -0.15) is 5.10 Å². The maximum Gasteiger partial charge on any atom is 0.332 e. The average Bonchev–Trinajstić information content (AvgIpc) is 2.27. The summed E-state index contributed by atoms with van der Waals surface area (Å²) >= 11 is 0. The van der Waals surface area contributed by atoms with Crippen molar-refractivity contribution >= 4 is 11.7 Å². The molecule has 1 aliphatic carbocycles. The topological polar surface area (TPSA) is 67.5 Å². The number of hydrogen-bond donors (Lipinski definition) is 2. The van der Waals surface area contributed by atoms with Gasteiger partial charge >= 0.3 is 6.03 Å². The Kier molecular flexibility index (Phi) is 3.73. The maximum absolute atomic E-state index is 10.4. The molecule has 0 saturated heterocycles. The molecule has 1 atom stereocenters. The molecule has 0 bridgehead atoms. The second-order valence-corrected chi connectivity index (χ2v) is 3.69. The van der Waals surface area contributed by atoms with Crippen molar-refractivity contribution in [1.82, 2.24) is 5.43 Å². The normalized spacial score (nSPS) is 26.8. The predicted molar refractivity (Wildman–Crippen MR) is 52.4 cm³/mol. The van der Waals surface area contributed by atoms with Gasteiger partial charge in [-0.15, -0.1) is 0 Å². The lowest BCUT2D eigenvalue weighted by Gasteiger charge is -2.03. The summed E-state index contributed by atoms with van der Waals surface area (Å²) in [5.41, 5.74) is 8.28. The number of hydrazone groups is 1. The van der Waals surface area contributed by atoms with Crippen molar-refractivity contribution in [2.45, 2.75) is 39.0 Å². The molecule has 3 N–H and O–H groups in total. The van der Waals surface area contributed by atoms with E-state index in [-0.39, 0.29) is 0 Å². The van der Waals surface area contributed by atoms with Gasteiger partial charge in [-0.25, -0.2) is 10.2 Å². The molecule has 13 heavy (non-hydrogen) atoms. The number of hydrogen-bond acceptors (Lipinski definition) is 2. The number of primary amides is 1. The third kappa shape index (κ3) is 3.92. The SMILES string of the molecule is CC1CCCC(=NNC(N)=O)CC1. The summed E-state index contributed by atoms with van der Waals surface area (Å²) in [4.78, 5) is 10.4. The summed E-state index contributed by atoms with van der Waals surface area (Å²) in [5, 5.41) is 3.97. The Balaban J connectivity index is 2.41. The first-order valence-electron chi connectivity index (χ1n) is 4.79. The highest BCUT2D eigenvalue weighted by atomic mass is 16.2. The summed E-state index contributed by atoms with van der Waals surface area (Å²) in [6.07, 6.45) is 5.57. The fourth-order valence-electron chi connectivity index (χ4n) is 1.58. The van der Waals surface area contributed by atoms with Crippen molar-refractivity contribution in [1.29, 1.82) is 0 Å². The average molecular weight is 183 g/mol. The summed E-state index contributed by atoms with van der Waals surface area (Å²) in [7, 11) is 0. The number of carbonyl (C=O) groups is 1. The molecular formula is C9H17N3O. The van der Waals surface area contributed by atoms with E-state index in [1.807, 2.05) is 0 Å². The first-order valence-corrected chi connectivity index (χ1v) is 4.79.